The summed E-state index contributed by atoms with van der Waals surface area (Å²) >= 11 is 6.00. The molecule has 78 valence electrons. The van der Waals surface area contributed by atoms with Gasteiger partial charge in [0, 0.05) is 6.54 Å². The Bertz CT molecular complexity index is 328. The molecule has 0 unspecified atom stereocenters. The molecule has 0 radical (unpaired) electrons. The fourth-order valence-corrected chi connectivity index (χ4v) is 1.93. The van der Waals surface area contributed by atoms with Crippen LogP contribution in [0.1, 0.15) is 12.0 Å². The quantitative estimate of drug-likeness (QED) is 0.805. The lowest BCUT2D eigenvalue weighted by molar-refractivity contribution is 0.415. The molecule has 0 amide bonds. The lowest BCUT2D eigenvalue weighted by Crippen LogP contribution is -2.12. The van der Waals surface area contributed by atoms with E-state index in [4.69, 9.17) is 16.3 Å². The van der Waals surface area contributed by atoms with Crippen molar-refractivity contribution in [2.75, 3.05) is 19.0 Å². The number of anilines is 1. The number of ether oxygens (including phenoxy) is 1. The van der Waals surface area contributed by atoms with Crippen molar-refractivity contribution in [3.8, 4) is 5.75 Å². The van der Waals surface area contributed by atoms with Crippen LogP contribution in [0.4, 0.5) is 5.69 Å². The summed E-state index contributed by atoms with van der Waals surface area (Å²) in [7, 11) is 1.65. The maximum Gasteiger partial charge on any atom is 0.160 e. The average Bonchev–Trinajstić information content (AvgIpc) is 2.18. The van der Waals surface area contributed by atoms with E-state index in [1.165, 1.54) is 12.0 Å². The SMILES string of the molecule is COc1c(Cl)ccc2c1NCCC2.Cl. The van der Waals surface area contributed by atoms with Gasteiger partial charge >= 0.3 is 0 Å². The van der Waals surface area contributed by atoms with Crippen LogP contribution in [-0.2, 0) is 6.42 Å². The molecule has 0 aromatic heterocycles. The van der Waals surface area contributed by atoms with Crippen LogP contribution in [-0.4, -0.2) is 13.7 Å². The lowest BCUT2D eigenvalue weighted by atomic mass is 10.0. The summed E-state index contributed by atoms with van der Waals surface area (Å²) in [6, 6.07) is 3.96. The van der Waals surface area contributed by atoms with Gasteiger partial charge in [-0.1, -0.05) is 17.7 Å². The minimum Gasteiger partial charge on any atom is -0.493 e. The van der Waals surface area contributed by atoms with Crippen LogP contribution in [0.2, 0.25) is 5.02 Å². The highest BCUT2D eigenvalue weighted by atomic mass is 35.5. The zero-order valence-corrected chi connectivity index (χ0v) is 9.54. The summed E-state index contributed by atoms with van der Waals surface area (Å²) in [5.41, 5.74) is 2.37. The molecule has 0 aliphatic carbocycles. The van der Waals surface area contributed by atoms with Gasteiger partial charge in [0.25, 0.3) is 0 Å². The Morgan fingerprint density at radius 3 is 2.93 bits per heavy atom. The van der Waals surface area contributed by atoms with Crippen LogP contribution in [0.15, 0.2) is 12.1 Å². The third-order valence-corrected chi connectivity index (χ3v) is 2.62. The van der Waals surface area contributed by atoms with Crippen molar-refractivity contribution in [3.63, 3.8) is 0 Å². The first-order valence-corrected chi connectivity index (χ1v) is 4.80. The second-order valence-corrected chi connectivity index (χ2v) is 3.55. The van der Waals surface area contributed by atoms with E-state index < -0.39 is 0 Å². The van der Waals surface area contributed by atoms with Gasteiger partial charge in [0.05, 0.1) is 17.8 Å². The van der Waals surface area contributed by atoms with Crippen LogP contribution in [0, 0.1) is 0 Å². The number of hydrogen-bond acceptors (Lipinski definition) is 2. The van der Waals surface area contributed by atoms with E-state index in [1.54, 1.807) is 7.11 Å². The van der Waals surface area contributed by atoms with Gasteiger partial charge in [-0.3, -0.25) is 0 Å². The van der Waals surface area contributed by atoms with Crippen LogP contribution in [0.25, 0.3) is 0 Å². The number of fused-ring (bicyclic) bond motifs is 1. The molecule has 0 atom stereocenters. The third kappa shape index (κ3) is 1.91. The minimum atomic E-state index is 0. The van der Waals surface area contributed by atoms with E-state index in [-0.39, 0.29) is 12.4 Å². The van der Waals surface area contributed by atoms with Gasteiger partial charge in [-0.15, -0.1) is 12.4 Å². The van der Waals surface area contributed by atoms with Gasteiger partial charge in [-0.2, -0.15) is 0 Å². The number of aryl methyl sites for hydroxylation is 1. The smallest absolute Gasteiger partial charge is 0.160 e. The molecular formula is C10H13Cl2NO. The van der Waals surface area contributed by atoms with Crippen LogP contribution < -0.4 is 10.1 Å². The Balaban J connectivity index is 0.000000980. The van der Waals surface area contributed by atoms with Crippen LogP contribution in [0.3, 0.4) is 0 Å². The van der Waals surface area contributed by atoms with Crippen molar-refractivity contribution < 1.29 is 4.74 Å². The number of halogens is 2. The fraction of sp³-hybridized carbons (Fsp3) is 0.400. The Morgan fingerprint density at radius 1 is 1.43 bits per heavy atom. The topological polar surface area (TPSA) is 21.3 Å². The first-order valence-electron chi connectivity index (χ1n) is 4.42. The maximum atomic E-state index is 6.00. The molecule has 1 N–H and O–H groups in total. The molecule has 0 fully saturated rings. The predicted molar refractivity (Wildman–Crippen MR) is 62.1 cm³/mol. The van der Waals surface area contributed by atoms with Crippen LogP contribution >= 0.6 is 24.0 Å². The van der Waals surface area contributed by atoms with Gasteiger partial charge in [0.15, 0.2) is 5.75 Å². The molecule has 0 saturated carbocycles. The molecule has 0 spiro atoms. The molecule has 1 aliphatic rings. The van der Waals surface area contributed by atoms with E-state index in [0.717, 1.165) is 24.4 Å². The first kappa shape index (κ1) is 11.5. The molecule has 1 aromatic rings. The van der Waals surface area contributed by atoms with E-state index in [9.17, 15) is 0 Å². The molecular weight excluding hydrogens is 221 g/mol. The molecule has 0 saturated heterocycles. The molecule has 14 heavy (non-hydrogen) atoms. The molecule has 0 bridgehead atoms. The van der Waals surface area contributed by atoms with Gasteiger partial charge < -0.3 is 10.1 Å². The normalized spacial score (nSPS) is 13.6. The van der Waals surface area contributed by atoms with Crippen molar-refractivity contribution in [2.24, 2.45) is 0 Å². The van der Waals surface area contributed by atoms with Crippen molar-refractivity contribution in [3.05, 3.63) is 22.7 Å². The predicted octanol–water partition coefficient (Wildman–Crippen LogP) is 3.13. The fourth-order valence-electron chi connectivity index (χ4n) is 1.69. The van der Waals surface area contributed by atoms with Crippen molar-refractivity contribution in [1.29, 1.82) is 0 Å². The van der Waals surface area contributed by atoms with Gasteiger partial charge in [0.1, 0.15) is 0 Å². The first-order chi connectivity index (χ1) is 6.33. The maximum absolute atomic E-state index is 6.00. The van der Waals surface area contributed by atoms with Gasteiger partial charge in [-0.25, -0.2) is 0 Å². The summed E-state index contributed by atoms with van der Waals surface area (Å²) < 4.78 is 5.25. The highest BCUT2D eigenvalue weighted by Crippen LogP contribution is 2.37. The summed E-state index contributed by atoms with van der Waals surface area (Å²) in [6.45, 7) is 1.00. The Kier molecular flexibility index (Phi) is 3.90. The summed E-state index contributed by atoms with van der Waals surface area (Å²) in [5.74, 6) is 0.777. The minimum absolute atomic E-state index is 0. The number of hydrogen-bond donors (Lipinski definition) is 1. The molecule has 2 rings (SSSR count). The van der Waals surface area contributed by atoms with E-state index in [1.807, 2.05) is 6.07 Å². The molecule has 1 heterocycles. The highest BCUT2D eigenvalue weighted by molar-refractivity contribution is 6.32. The van der Waals surface area contributed by atoms with Gasteiger partial charge in [0.2, 0.25) is 0 Å². The number of nitrogens with one attached hydrogen (secondary N) is 1. The molecule has 2 nitrogen and oxygen atoms in total. The third-order valence-electron chi connectivity index (χ3n) is 2.32. The highest BCUT2D eigenvalue weighted by Gasteiger charge is 2.15. The summed E-state index contributed by atoms with van der Waals surface area (Å²) in [5, 5.41) is 3.99. The zero-order valence-electron chi connectivity index (χ0n) is 7.97. The van der Waals surface area contributed by atoms with Crippen molar-refractivity contribution in [2.45, 2.75) is 12.8 Å². The van der Waals surface area contributed by atoms with Crippen molar-refractivity contribution >= 4 is 29.7 Å². The second-order valence-electron chi connectivity index (χ2n) is 3.15. The standard InChI is InChI=1S/C10H12ClNO.ClH/c1-13-10-8(11)5-4-7-3-2-6-12-9(7)10;/h4-5,12H,2-3,6H2,1H3;1H. The molecule has 1 aliphatic heterocycles. The molecule has 1 aromatic carbocycles. The number of rotatable bonds is 1. The zero-order chi connectivity index (χ0) is 9.26. The summed E-state index contributed by atoms with van der Waals surface area (Å²) in [6.07, 6.45) is 2.29. The van der Waals surface area contributed by atoms with E-state index in [2.05, 4.69) is 11.4 Å². The van der Waals surface area contributed by atoms with E-state index >= 15 is 0 Å². The second kappa shape index (κ2) is 4.76. The Morgan fingerprint density at radius 2 is 2.21 bits per heavy atom. The molecule has 4 heteroatoms. The number of methoxy groups -OCH3 is 1. The van der Waals surface area contributed by atoms with Gasteiger partial charge in [-0.05, 0) is 24.5 Å². The van der Waals surface area contributed by atoms with Crippen molar-refractivity contribution in [1.82, 2.24) is 0 Å². The summed E-state index contributed by atoms with van der Waals surface area (Å²) in [4.78, 5) is 0. The number of benzene rings is 1. The van der Waals surface area contributed by atoms with E-state index in [0.29, 0.717) is 5.02 Å². The largest absolute Gasteiger partial charge is 0.493 e. The Hall–Kier alpha value is -0.600. The average molecular weight is 234 g/mol. The monoisotopic (exact) mass is 233 g/mol. The van der Waals surface area contributed by atoms with Crippen LogP contribution in [0.5, 0.6) is 5.75 Å². The Labute approximate surface area is 95.0 Å². The lowest BCUT2D eigenvalue weighted by Gasteiger charge is -2.20.